The summed E-state index contributed by atoms with van der Waals surface area (Å²) in [4.78, 5) is 15.9. The molecular weight excluding hydrogens is 518 g/mol. The molecule has 1 amide bonds. The number of fused-ring (bicyclic) bond motifs is 1. The summed E-state index contributed by atoms with van der Waals surface area (Å²) in [6.07, 6.45) is 5.12. The summed E-state index contributed by atoms with van der Waals surface area (Å²) in [6.45, 7) is 6.74. The third-order valence-corrected chi connectivity index (χ3v) is 8.25. The normalized spacial score (nSPS) is 14.2. The highest BCUT2D eigenvalue weighted by atomic mass is 16.5. The summed E-state index contributed by atoms with van der Waals surface area (Å²) >= 11 is 0. The van der Waals surface area contributed by atoms with E-state index in [4.69, 9.17) is 4.74 Å². The minimum absolute atomic E-state index is 0.0731. The minimum Gasteiger partial charge on any atom is -0.457 e. The standard InChI is InChI=1S/C37H39N3O2/c1-28-16-18-29(19-17-28)26-40-27-35(33-14-5-6-15-36(33)40)34(25-37(41)38-20-23-39-21-7-8-22-39)30-10-9-13-32(24-30)42-31-11-3-2-4-12-31/h2-6,9-19,24,27,34H,7-8,20-23,25-26H2,1H3,(H,38,41). The van der Waals surface area contributed by atoms with Gasteiger partial charge in [-0.2, -0.15) is 0 Å². The number of benzene rings is 4. The van der Waals surface area contributed by atoms with Gasteiger partial charge in [-0.1, -0.05) is 78.4 Å². The quantitative estimate of drug-likeness (QED) is 0.183. The van der Waals surface area contributed by atoms with Crippen molar-refractivity contribution in [1.82, 2.24) is 14.8 Å². The van der Waals surface area contributed by atoms with Gasteiger partial charge >= 0.3 is 0 Å². The van der Waals surface area contributed by atoms with E-state index >= 15 is 0 Å². The van der Waals surface area contributed by atoms with E-state index in [0.717, 1.165) is 48.8 Å². The van der Waals surface area contributed by atoms with Gasteiger partial charge in [0, 0.05) is 49.1 Å². The van der Waals surface area contributed by atoms with Gasteiger partial charge in [0.2, 0.25) is 5.91 Å². The second-order valence-electron chi connectivity index (χ2n) is 11.4. The Morgan fingerprint density at radius 1 is 0.857 bits per heavy atom. The van der Waals surface area contributed by atoms with Crippen molar-refractivity contribution in [3.8, 4) is 11.5 Å². The van der Waals surface area contributed by atoms with Crippen molar-refractivity contribution in [3.05, 3.63) is 132 Å². The van der Waals surface area contributed by atoms with Crippen molar-refractivity contribution in [2.75, 3.05) is 26.2 Å². The Balaban J connectivity index is 1.32. The first-order chi connectivity index (χ1) is 20.6. The number of hydrogen-bond acceptors (Lipinski definition) is 3. The largest absolute Gasteiger partial charge is 0.457 e. The Morgan fingerprint density at radius 3 is 2.40 bits per heavy atom. The van der Waals surface area contributed by atoms with E-state index in [9.17, 15) is 4.79 Å². The molecule has 5 aromatic rings. The summed E-state index contributed by atoms with van der Waals surface area (Å²) in [5.41, 5.74) is 5.90. The number of carbonyl (C=O) groups excluding carboxylic acids is 1. The van der Waals surface area contributed by atoms with Crippen LogP contribution in [0.25, 0.3) is 10.9 Å². The lowest BCUT2D eigenvalue weighted by Crippen LogP contribution is -2.34. The van der Waals surface area contributed by atoms with Crippen LogP contribution in [0.1, 0.15) is 47.4 Å². The molecule has 1 fully saturated rings. The van der Waals surface area contributed by atoms with Crippen LogP contribution in [0, 0.1) is 6.92 Å². The number of likely N-dealkylation sites (tertiary alicyclic amines) is 1. The first kappa shape index (κ1) is 27.8. The predicted molar refractivity (Wildman–Crippen MR) is 170 cm³/mol. The zero-order valence-corrected chi connectivity index (χ0v) is 24.3. The van der Waals surface area contributed by atoms with E-state index in [2.05, 4.69) is 88.6 Å². The second kappa shape index (κ2) is 13.1. The van der Waals surface area contributed by atoms with Gasteiger partial charge in [-0.15, -0.1) is 0 Å². The van der Waals surface area contributed by atoms with Gasteiger partial charge in [0.15, 0.2) is 0 Å². The molecule has 0 radical (unpaired) electrons. The first-order valence-electron chi connectivity index (χ1n) is 15.1. The Hall–Kier alpha value is -4.35. The molecule has 1 aliphatic heterocycles. The molecule has 1 aliphatic rings. The molecule has 5 heteroatoms. The van der Waals surface area contributed by atoms with Gasteiger partial charge in [0.1, 0.15) is 11.5 Å². The molecule has 214 valence electrons. The molecule has 1 unspecified atom stereocenters. The molecule has 1 N–H and O–H groups in total. The van der Waals surface area contributed by atoms with Crippen LogP contribution < -0.4 is 10.1 Å². The molecular formula is C37H39N3O2. The van der Waals surface area contributed by atoms with Gasteiger partial charge in [0.05, 0.1) is 0 Å². The Morgan fingerprint density at radius 2 is 1.60 bits per heavy atom. The van der Waals surface area contributed by atoms with Crippen LogP contribution in [-0.4, -0.2) is 41.6 Å². The molecule has 0 spiro atoms. The maximum Gasteiger partial charge on any atom is 0.220 e. The average Bonchev–Trinajstić information content (AvgIpc) is 3.66. The number of carbonyl (C=O) groups is 1. The zero-order chi connectivity index (χ0) is 28.7. The molecule has 0 aliphatic carbocycles. The van der Waals surface area contributed by atoms with Crippen LogP contribution in [0.15, 0.2) is 109 Å². The molecule has 0 saturated carbocycles. The van der Waals surface area contributed by atoms with Gasteiger partial charge in [-0.05, 0) is 79.9 Å². The Kier molecular flexibility index (Phi) is 8.67. The molecule has 2 heterocycles. The molecule has 1 atom stereocenters. The number of rotatable bonds is 11. The maximum atomic E-state index is 13.4. The van der Waals surface area contributed by atoms with Gasteiger partial charge in [0.25, 0.3) is 0 Å². The summed E-state index contributed by atoms with van der Waals surface area (Å²) in [5, 5.41) is 4.39. The van der Waals surface area contributed by atoms with Crippen LogP contribution in [-0.2, 0) is 11.3 Å². The van der Waals surface area contributed by atoms with Crippen molar-refractivity contribution in [2.45, 2.75) is 38.6 Å². The predicted octanol–water partition coefficient (Wildman–Crippen LogP) is 7.52. The minimum atomic E-state index is -0.125. The van der Waals surface area contributed by atoms with Gasteiger partial charge in [-0.3, -0.25) is 4.79 Å². The van der Waals surface area contributed by atoms with E-state index in [0.29, 0.717) is 13.0 Å². The van der Waals surface area contributed by atoms with Crippen LogP contribution in [0.5, 0.6) is 11.5 Å². The number of aryl methyl sites for hydroxylation is 1. The number of nitrogens with one attached hydrogen (secondary N) is 1. The molecule has 42 heavy (non-hydrogen) atoms. The van der Waals surface area contributed by atoms with Gasteiger partial charge < -0.3 is 19.5 Å². The summed E-state index contributed by atoms with van der Waals surface area (Å²) < 4.78 is 8.52. The van der Waals surface area contributed by atoms with E-state index < -0.39 is 0 Å². The lowest BCUT2D eigenvalue weighted by Gasteiger charge is -2.19. The van der Waals surface area contributed by atoms with Crippen LogP contribution in [0.4, 0.5) is 0 Å². The van der Waals surface area contributed by atoms with E-state index in [-0.39, 0.29) is 11.8 Å². The number of amides is 1. The Labute approximate surface area is 248 Å². The maximum absolute atomic E-state index is 13.4. The average molecular weight is 558 g/mol. The lowest BCUT2D eigenvalue weighted by atomic mass is 9.88. The fourth-order valence-corrected chi connectivity index (χ4v) is 6.02. The summed E-state index contributed by atoms with van der Waals surface area (Å²) in [7, 11) is 0. The number of hydrogen-bond donors (Lipinski definition) is 1. The Bertz CT molecular complexity index is 1620. The topological polar surface area (TPSA) is 46.5 Å². The molecule has 1 saturated heterocycles. The smallest absolute Gasteiger partial charge is 0.220 e. The van der Waals surface area contributed by atoms with Crippen LogP contribution in [0.3, 0.4) is 0 Å². The SMILES string of the molecule is Cc1ccc(Cn2cc(C(CC(=O)NCCN3CCCC3)c3cccc(Oc4ccccc4)c3)c3ccccc32)cc1. The molecule has 6 rings (SSSR count). The third kappa shape index (κ3) is 6.75. The summed E-state index contributed by atoms with van der Waals surface area (Å²) in [5.74, 6) is 1.51. The van der Waals surface area contributed by atoms with Crippen molar-refractivity contribution in [2.24, 2.45) is 0 Å². The lowest BCUT2D eigenvalue weighted by molar-refractivity contribution is -0.121. The van der Waals surface area contributed by atoms with Crippen LogP contribution >= 0.6 is 0 Å². The zero-order valence-electron chi connectivity index (χ0n) is 24.3. The number of ether oxygens (including phenoxy) is 1. The van der Waals surface area contributed by atoms with Crippen molar-refractivity contribution in [1.29, 1.82) is 0 Å². The molecule has 0 bridgehead atoms. The highest BCUT2D eigenvalue weighted by Crippen LogP contribution is 2.37. The third-order valence-electron chi connectivity index (χ3n) is 8.25. The van der Waals surface area contributed by atoms with Crippen molar-refractivity contribution >= 4 is 16.8 Å². The first-order valence-corrected chi connectivity index (χ1v) is 15.1. The van der Waals surface area contributed by atoms with Crippen molar-refractivity contribution < 1.29 is 9.53 Å². The fourth-order valence-electron chi connectivity index (χ4n) is 6.02. The van der Waals surface area contributed by atoms with E-state index in [1.165, 1.54) is 34.9 Å². The second-order valence-corrected chi connectivity index (χ2v) is 11.4. The highest BCUT2D eigenvalue weighted by molar-refractivity contribution is 5.87. The molecule has 1 aromatic heterocycles. The number of para-hydroxylation sites is 2. The number of nitrogens with zero attached hydrogens (tertiary/aromatic N) is 2. The van der Waals surface area contributed by atoms with Gasteiger partial charge in [-0.25, -0.2) is 0 Å². The summed E-state index contributed by atoms with van der Waals surface area (Å²) in [6, 6.07) is 35.3. The van der Waals surface area contributed by atoms with Crippen LogP contribution in [0.2, 0.25) is 0 Å². The van der Waals surface area contributed by atoms with E-state index in [1.54, 1.807) is 0 Å². The highest BCUT2D eigenvalue weighted by Gasteiger charge is 2.24. The van der Waals surface area contributed by atoms with Crippen molar-refractivity contribution in [3.63, 3.8) is 0 Å². The number of aromatic nitrogens is 1. The van der Waals surface area contributed by atoms with E-state index in [1.807, 2.05) is 42.5 Å². The monoisotopic (exact) mass is 557 g/mol. The fraction of sp³-hybridized carbons (Fsp3) is 0.270. The molecule has 4 aromatic carbocycles. The molecule has 5 nitrogen and oxygen atoms in total.